The van der Waals surface area contributed by atoms with Crippen LogP contribution in [0.5, 0.6) is 0 Å². The Labute approximate surface area is 185 Å². The summed E-state index contributed by atoms with van der Waals surface area (Å²) in [5.74, 6) is 2.67. The number of rotatable bonds is 3. The molecule has 0 amide bonds. The van der Waals surface area contributed by atoms with Crippen LogP contribution in [0.25, 0.3) is 0 Å². The first-order chi connectivity index (χ1) is 12.5. The second-order valence-electron chi connectivity index (χ2n) is 8.06. The number of benzene rings is 1. The van der Waals surface area contributed by atoms with Crippen molar-refractivity contribution in [2.75, 3.05) is 39.0 Å². The summed E-state index contributed by atoms with van der Waals surface area (Å²) in [6, 6.07) is 8.81. The largest absolute Gasteiger partial charge is 0.373 e. The molecule has 27 heavy (non-hydrogen) atoms. The van der Waals surface area contributed by atoms with E-state index in [-0.39, 0.29) is 34.8 Å². The van der Waals surface area contributed by atoms with Crippen LogP contribution in [0.15, 0.2) is 29.3 Å². The van der Waals surface area contributed by atoms with Gasteiger partial charge in [-0.3, -0.25) is 4.99 Å². The lowest BCUT2D eigenvalue weighted by Gasteiger charge is -2.40. The minimum absolute atomic E-state index is 0. The maximum atomic E-state index is 6.16. The van der Waals surface area contributed by atoms with Gasteiger partial charge in [0, 0.05) is 49.7 Å². The molecule has 4 nitrogen and oxygen atoms in total. The van der Waals surface area contributed by atoms with E-state index in [4.69, 9.17) is 4.74 Å². The smallest absolute Gasteiger partial charge is 0.193 e. The fourth-order valence-corrected chi connectivity index (χ4v) is 5.04. The number of guanidine groups is 1. The molecule has 6 heteroatoms. The van der Waals surface area contributed by atoms with Gasteiger partial charge in [0.25, 0.3) is 0 Å². The Kier molecular flexibility index (Phi) is 8.74. The number of hydrogen-bond donors (Lipinski definition) is 1. The van der Waals surface area contributed by atoms with Crippen LogP contribution in [0.2, 0.25) is 0 Å². The predicted molar refractivity (Wildman–Crippen MR) is 127 cm³/mol. The van der Waals surface area contributed by atoms with Crippen molar-refractivity contribution in [3.05, 3.63) is 35.4 Å². The summed E-state index contributed by atoms with van der Waals surface area (Å²) >= 11 is 2.05. The summed E-state index contributed by atoms with van der Waals surface area (Å²) in [7, 11) is 1.89. The number of ether oxygens (including phenoxy) is 1. The van der Waals surface area contributed by atoms with Gasteiger partial charge in [0.15, 0.2) is 5.96 Å². The standard InChI is InChI=1S/C21H33N3OS.HI/c1-16-7-9-17(10-8-16)19-18(6-5-12-25-19)14-23-20(22-4)24-11-13-26-21(2,3)15-24;/h7-10,18-19H,5-6,11-15H2,1-4H3,(H,22,23);1H. The van der Waals surface area contributed by atoms with E-state index in [9.17, 15) is 0 Å². The fourth-order valence-electron chi connectivity index (χ4n) is 3.93. The third-order valence-electron chi connectivity index (χ3n) is 5.31. The van der Waals surface area contributed by atoms with Crippen LogP contribution in [0.3, 0.4) is 0 Å². The Morgan fingerprint density at radius 3 is 2.74 bits per heavy atom. The molecule has 2 heterocycles. The number of thioether (sulfide) groups is 1. The second-order valence-corrected chi connectivity index (χ2v) is 9.86. The number of aryl methyl sites for hydroxylation is 1. The highest BCUT2D eigenvalue weighted by Crippen LogP contribution is 2.33. The van der Waals surface area contributed by atoms with Gasteiger partial charge in [-0.15, -0.1) is 24.0 Å². The molecule has 2 fully saturated rings. The maximum Gasteiger partial charge on any atom is 0.193 e. The van der Waals surface area contributed by atoms with E-state index in [1.54, 1.807) is 0 Å². The van der Waals surface area contributed by atoms with Crippen LogP contribution < -0.4 is 5.32 Å². The number of hydrogen-bond acceptors (Lipinski definition) is 3. The van der Waals surface area contributed by atoms with Crippen molar-refractivity contribution in [3.8, 4) is 0 Å². The summed E-state index contributed by atoms with van der Waals surface area (Å²) in [6.07, 6.45) is 2.52. The first-order valence-electron chi connectivity index (χ1n) is 9.76. The number of nitrogens with zero attached hydrogens (tertiary/aromatic N) is 2. The number of halogens is 1. The Hall–Kier alpha value is -0.470. The second kappa shape index (κ2) is 10.3. The van der Waals surface area contributed by atoms with Gasteiger partial charge in [-0.2, -0.15) is 11.8 Å². The van der Waals surface area contributed by atoms with Crippen LogP contribution >= 0.6 is 35.7 Å². The molecule has 2 atom stereocenters. The van der Waals surface area contributed by atoms with Gasteiger partial charge in [-0.05, 0) is 39.2 Å². The summed E-state index contributed by atoms with van der Waals surface area (Å²) in [5, 5.41) is 3.64. The molecule has 0 radical (unpaired) electrons. The van der Waals surface area contributed by atoms with Crippen molar-refractivity contribution >= 4 is 41.7 Å². The minimum atomic E-state index is 0. The molecule has 2 aliphatic heterocycles. The van der Waals surface area contributed by atoms with E-state index in [0.29, 0.717) is 5.92 Å². The van der Waals surface area contributed by atoms with E-state index in [1.807, 2.05) is 7.05 Å². The SMILES string of the molecule is CN=C(NCC1CCCOC1c1ccc(C)cc1)N1CCSC(C)(C)C1.I. The predicted octanol–water partition coefficient (Wildman–Crippen LogP) is 4.48. The molecule has 2 unspecified atom stereocenters. The van der Waals surface area contributed by atoms with Crippen molar-refractivity contribution in [1.82, 2.24) is 10.2 Å². The highest BCUT2D eigenvalue weighted by atomic mass is 127. The molecule has 0 spiro atoms. The molecule has 0 aliphatic carbocycles. The van der Waals surface area contributed by atoms with E-state index in [1.165, 1.54) is 17.5 Å². The summed E-state index contributed by atoms with van der Waals surface area (Å²) < 4.78 is 6.45. The van der Waals surface area contributed by atoms with E-state index in [2.05, 4.69) is 72.0 Å². The first-order valence-corrected chi connectivity index (χ1v) is 10.7. The monoisotopic (exact) mass is 503 g/mol. The zero-order valence-corrected chi connectivity index (χ0v) is 20.2. The normalized spacial score (nSPS) is 25.6. The zero-order valence-electron chi connectivity index (χ0n) is 17.0. The van der Waals surface area contributed by atoms with Gasteiger partial charge in [0.1, 0.15) is 0 Å². The van der Waals surface area contributed by atoms with E-state index < -0.39 is 0 Å². The van der Waals surface area contributed by atoms with Crippen LogP contribution in [0.4, 0.5) is 0 Å². The van der Waals surface area contributed by atoms with Crippen molar-refractivity contribution < 1.29 is 4.74 Å². The molecular formula is C21H34IN3OS. The zero-order chi connectivity index (χ0) is 18.6. The molecule has 0 saturated carbocycles. The average molecular weight is 503 g/mol. The highest BCUT2D eigenvalue weighted by Gasteiger charge is 2.31. The molecule has 1 N–H and O–H groups in total. The Bertz CT molecular complexity index is 620. The van der Waals surface area contributed by atoms with E-state index >= 15 is 0 Å². The molecule has 1 aromatic rings. The molecule has 2 saturated heterocycles. The van der Waals surface area contributed by atoms with Crippen molar-refractivity contribution in [3.63, 3.8) is 0 Å². The maximum absolute atomic E-state index is 6.16. The van der Waals surface area contributed by atoms with Crippen molar-refractivity contribution in [2.24, 2.45) is 10.9 Å². The third kappa shape index (κ3) is 6.26. The fraction of sp³-hybridized carbons (Fsp3) is 0.667. The van der Waals surface area contributed by atoms with E-state index in [0.717, 1.165) is 44.4 Å². The van der Waals surface area contributed by atoms with Gasteiger partial charge in [-0.1, -0.05) is 29.8 Å². The molecule has 152 valence electrons. The van der Waals surface area contributed by atoms with Crippen molar-refractivity contribution in [1.29, 1.82) is 0 Å². The summed E-state index contributed by atoms with van der Waals surface area (Å²) in [4.78, 5) is 6.96. The third-order valence-corrected chi connectivity index (χ3v) is 6.61. The van der Waals surface area contributed by atoms with Gasteiger partial charge in [0.2, 0.25) is 0 Å². The van der Waals surface area contributed by atoms with Crippen molar-refractivity contribution in [2.45, 2.75) is 44.5 Å². The lowest BCUT2D eigenvalue weighted by atomic mass is 9.89. The summed E-state index contributed by atoms with van der Waals surface area (Å²) in [6.45, 7) is 10.7. The average Bonchev–Trinajstić information content (AvgIpc) is 2.63. The number of aliphatic imine (C=N–C) groups is 1. The van der Waals surface area contributed by atoms with Crippen LogP contribution in [0.1, 0.15) is 43.9 Å². The molecule has 1 aromatic carbocycles. The Morgan fingerprint density at radius 2 is 2.07 bits per heavy atom. The minimum Gasteiger partial charge on any atom is -0.373 e. The lowest BCUT2D eigenvalue weighted by Crippen LogP contribution is -2.52. The van der Waals surface area contributed by atoms with Gasteiger partial charge < -0.3 is 15.0 Å². The van der Waals surface area contributed by atoms with Gasteiger partial charge >= 0.3 is 0 Å². The Balaban J connectivity index is 0.00000261. The Morgan fingerprint density at radius 1 is 1.33 bits per heavy atom. The molecule has 2 aliphatic rings. The van der Waals surface area contributed by atoms with Crippen LogP contribution in [0, 0.1) is 12.8 Å². The molecule has 3 rings (SSSR count). The molecular weight excluding hydrogens is 469 g/mol. The number of nitrogens with one attached hydrogen (secondary N) is 1. The summed E-state index contributed by atoms with van der Waals surface area (Å²) in [5.41, 5.74) is 2.60. The van der Waals surface area contributed by atoms with Gasteiger partial charge in [-0.25, -0.2) is 0 Å². The quantitative estimate of drug-likeness (QED) is 0.375. The molecule has 0 bridgehead atoms. The first kappa shape index (κ1) is 22.8. The highest BCUT2D eigenvalue weighted by molar-refractivity contribution is 14.0. The van der Waals surface area contributed by atoms with Gasteiger partial charge in [0.05, 0.1) is 6.10 Å². The topological polar surface area (TPSA) is 36.9 Å². The van der Waals surface area contributed by atoms with Crippen LogP contribution in [-0.4, -0.2) is 54.6 Å². The molecule has 0 aromatic heterocycles. The lowest BCUT2D eigenvalue weighted by molar-refractivity contribution is -0.0266. The van der Waals surface area contributed by atoms with Crippen LogP contribution in [-0.2, 0) is 4.74 Å².